The first-order chi connectivity index (χ1) is 14.6. The minimum absolute atomic E-state index is 0.0465. The molecule has 0 radical (unpaired) electrons. The molecular weight excluding hydrogens is 396 g/mol. The van der Waals surface area contributed by atoms with Gasteiger partial charge in [-0.05, 0) is 46.0 Å². The van der Waals surface area contributed by atoms with Gasteiger partial charge in [-0.15, -0.1) is 11.6 Å². The number of alkyl halides is 1. The van der Waals surface area contributed by atoms with E-state index in [2.05, 4.69) is 19.1 Å². The van der Waals surface area contributed by atoms with Crippen LogP contribution in [0.3, 0.4) is 0 Å². The van der Waals surface area contributed by atoms with Gasteiger partial charge in [0.05, 0.1) is 12.0 Å². The Balaban J connectivity index is 1.40. The molecular formula is C26H47ClO3. The molecule has 0 spiro atoms. The van der Waals surface area contributed by atoms with E-state index in [-0.39, 0.29) is 24.4 Å². The number of hydrogen-bond donors (Lipinski definition) is 0. The maximum Gasteiger partial charge on any atom is 0.163 e. The number of halogens is 1. The summed E-state index contributed by atoms with van der Waals surface area (Å²) in [4.78, 5) is 0. The number of hydrogen-bond acceptors (Lipinski definition) is 3. The molecule has 2 saturated heterocycles. The molecule has 0 aliphatic carbocycles. The Morgan fingerprint density at radius 1 is 0.700 bits per heavy atom. The van der Waals surface area contributed by atoms with Crippen molar-refractivity contribution in [2.24, 2.45) is 0 Å². The molecule has 2 fully saturated rings. The second kappa shape index (κ2) is 14.9. The molecule has 2 heterocycles. The second-order valence-electron chi connectivity index (χ2n) is 9.66. The van der Waals surface area contributed by atoms with Gasteiger partial charge in [0.1, 0.15) is 18.3 Å². The highest BCUT2D eigenvalue weighted by Crippen LogP contribution is 2.40. The van der Waals surface area contributed by atoms with Crippen LogP contribution in [0.2, 0.25) is 0 Å². The number of allylic oxidation sites excluding steroid dienone is 2. The van der Waals surface area contributed by atoms with E-state index in [9.17, 15) is 0 Å². The molecule has 0 unspecified atom stereocenters. The van der Waals surface area contributed by atoms with E-state index in [0.717, 1.165) is 6.42 Å². The summed E-state index contributed by atoms with van der Waals surface area (Å²) in [5.74, 6) is 0.0463. The van der Waals surface area contributed by atoms with Crippen LogP contribution in [0.5, 0.6) is 0 Å². The average molecular weight is 443 g/mol. The maximum atomic E-state index is 6.13. The molecule has 4 heteroatoms. The fraction of sp³-hybridized carbons (Fsp3) is 0.923. The van der Waals surface area contributed by atoms with Crippen LogP contribution in [0.4, 0.5) is 0 Å². The highest BCUT2D eigenvalue weighted by atomic mass is 35.5. The average Bonchev–Trinajstić information content (AvgIpc) is 3.44. The summed E-state index contributed by atoms with van der Waals surface area (Å²) in [7, 11) is 0. The molecule has 0 saturated carbocycles. The zero-order valence-corrected chi connectivity index (χ0v) is 20.6. The van der Waals surface area contributed by atoms with Gasteiger partial charge < -0.3 is 14.2 Å². The fourth-order valence-electron chi connectivity index (χ4n) is 4.53. The second-order valence-corrected chi connectivity index (χ2v) is 9.97. The summed E-state index contributed by atoms with van der Waals surface area (Å²) in [5, 5.41) is 0. The Morgan fingerprint density at radius 3 is 1.83 bits per heavy atom. The van der Waals surface area contributed by atoms with Crippen LogP contribution in [0.15, 0.2) is 12.2 Å². The lowest BCUT2D eigenvalue weighted by Gasteiger charge is -2.16. The summed E-state index contributed by atoms with van der Waals surface area (Å²) in [6.45, 7) is 6.28. The lowest BCUT2D eigenvalue weighted by Crippen LogP contribution is -2.29. The zero-order chi connectivity index (χ0) is 21.7. The van der Waals surface area contributed by atoms with Gasteiger partial charge >= 0.3 is 0 Å². The standard InChI is InChI=1S/C26H47ClO3/c1-4-5-6-7-8-9-10-11-12-13-14-15-16-17-18-19-20-22-25(24-23(21-27)28-24)30-26(2,3)29-22/h12-13,22-25H,4-11,14-21H2,1-3H3/b13-12-/t22-,23-,24+,25+/m0/s1. The van der Waals surface area contributed by atoms with Gasteiger partial charge in [0.2, 0.25) is 0 Å². The zero-order valence-electron chi connectivity index (χ0n) is 19.9. The summed E-state index contributed by atoms with van der Waals surface area (Å²) < 4.78 is 17.9. The van der Waals surface area contributed by atoms with Gasteiger partial charge in [0, 0.05) is 0 Å². The van der Waals surface area contributed by atoms with Crippen LogP contribution in [-0.4, -0.2) is 36.1 Å². The summed E-state index contributed by atoms with van der Waals surface area (Å²) in [5.41, 5.74) is 0. The van der Waals surface area contributed by atoms with Gasteiger partial charge in [-0.25, -0.2) is 0 Å². The molecule has 4 atom stereocenters. The lowest BCUT2D eigenvalue weighted by atomic mass is 10.0. The topological polar surface area (TPSA) is 31.0 Å². The van der Waals surface area contributed by atoms with Crippen LogP contribution >= 0.6 is 11.6 Å². The first-order valence-electron chi connectivity index (χ1n) is 12.8. The Hall–Kier alpha value is -0.0900. The molecule has 3 nitrogen and oxygen atoms in total. The van der Waals surface area contributed by atoms with Crippen molar-refractivity contribution in [3.05, 3.63) is 12.2 Å². The largest absolute Gasteiger partial charge is 0.365 e. The quantitative estimate of drug-likeness (QED) is 0.0933. The summed E-state index contributed by atoms with van der Waals surface area (Å²) in [6.07, 6.45) is 25.1. The Bertz CT molecular complexity index is 465. The molecule has 0 amide bonds. The van der Waals surface area contributed by atoms with E-state index in [0.29, 0.717) is 5.88 Å². The van der Waals surface area contributed by atoms with Crippen LogP contribution < -0.4 is 0 Å². The van der Waals surface area contributed by atoms with Gasteiger partial charge in [0.15, 0.2) is 5.79 Å². The van der Waals surface area contributed by atoms with E-state index < -0.39 is 5.79 Å². The first kappa shape index (κ1) is 26.2. The predicted molar refractivity (Wildman–Crippen MR) is 127 cm³/mol. The third-order valence-electron chi connectivity index (χ3n) is 6.32. The smallest absolute Gasteiger partial charge is 0.163 e. The SMILES string of the molecule is CCCCCCCCC/C=C\CCCCCCC[C@@H]1OC(C)(C)O[C@H]1[C@@H]1O[C@H]1CCl. The van der Waals surface area contributed by atoms with Crippen molar-refractivity contribution < 1.29 is 14.2 Å². The van der Waals surface area contributed by atoms with Crippen molar-refractivity contribution in [2.75, 3.05) is 5.88 Å². The molecule has 176 valence electrons. The molecule has 2 aliphatic heterocycles. The molecule has 30 heavy (non-hydrogen) atoms. The highest BCUT2D eigenvalue weighted by Gasteiger charge is 2.54. The van der Waals surface area contributed by atoms with Crippen LogP contribution in [0, 0.1) is 0 Å². The van der Waals surface area contributed by atoms with E-state index in [1.165, 1.54) is 89.9 Å². The number of rotatable bonds is 18. The van der Waals surface area contributed by atoms with Crippen LogP contribution in [0.1, 0.15) is 117 Å². The van der Waals surface area contributed by atoms with Gasteiger partial charge in [-0.1, -0.05) is 83.3 Å². The molecule has 0 aromatic heterocycles. The fourth-order valence-corrected chi connectivity index (χ4v) is 4.78. The minimum atomic E-state index is -0.500. The number of ether oxygens (including phenoxy) is 3. The summed E-state index contributed by atoms with van der Waals surface area (Å²) >= 11 is 5.92. The summed E-state index contributed by atoms with van der Waals surface area (Å²) in [6, 6.07) is 0. The molecule has 2 aliphatic rings. The van der Waals surface area contributed by atoms with E-state index >= 15 is 0 Å². The van der Waals surface area contributed by atoms with Crippen molar-refractivity contribution in [3.63, 3.8) is 0 Å². The van der Waals surface area contributed by atoms with Crippen molar-refractivity contribution in [3.8, 4) is 0 Å². The molecule has 0 aromatic rings. The monoisotopic (exact) mass is 442 g/mol. The van der Waals surface area contributed by atoms with E-state index in [1.807, 2.05) is 13.8 Å². The number of epoxide rings is 1. The highest BCUT2D eigenvalue weighted by molar-refractivity contribution is 6.18. The molecule has 0 aromatic carbocycles. The Morgan fingerprint density at radius 2 is 1.27 bits per heavy atom. The van der Waals surface area contributed by atoms with Crippen molar-refractivity contribution in [1.29, 1.82) is 0 Å². The van der Waals surface area contributed by atoms with E-state index in [1.54, 1.807) is 0 Å². The normalized spacial score (nSPS) is 27.9. The van der Waals surface area contributed by atoms with Crippen molar-refractivity contribution in [2.45, 2.75) is 147 Å². The third kappa shape index (κ3) is 10.5. The number of unbranched alkanes of at least 4 members (excludes halogenated alkanes) is 12. The van der Waals surface area contributed by atoms with Gasteiger partial charge in [-0.3, -0.25) is 0 Å². The third-order valence-corrected chi connectivity index (χ3v) is 6.62. The minimum Gasteiger partial charge on any atom is -0.365 e. The lowest BCUT2D eigenvalue weighted by molar-refractivity contribution is -0.148. The first-order valence-corrected chi connectivity index (χ1v) is 13.3. The molecule has 2 rings (SSSR count). The molecule has 0 bridgehead atoms. The van der Waals surface area contributed by atoms with E-state index in [4.69, 9.17) is 25.8 Å². The predicted octanol–water partition coefficient (Wildman–Crippen LogP) is 7.94. The Kier molecular flexibility index (Phi) is 13.0. The van der Waals surface area contributed by atoms with Gasteiger partial charge in [-0.2, -0.15) is 0 Å². The maximum absolute atomic E-state index is 6.13. The van der Waals surface area contributed by atoms with Crippen LogP contribution in [-0.2, 0) is 14.2 Å². The molecule has 0 N–H and O–H groups in total. The van der Waals surface area contributed by atoms with Crippen molar-refractivity contribution >= 4 is 11.6 Å². The van der Waals surface area contributed by atoms with Gasteiger partial charge in [0.25, 0.3) is 0 Å². The van der Waals surface area contributed by atoms with Crippen LogP contribution in [0.25, 0.3) is 0 Å². The Labute approximate surface area is 191 Å². The van der Waals surface area contributed by atoms with Crippen molar-refractivity contribution in [1.82, 2.24) is 0 Å².